The molecule has 1 aromatic carbocycles. The third-order valence-corrected chi connectivity index (χ3v) is 3.19. The second kappa shape index (κ2) is 6.09. The van der Waals surface area contributed by atoms with Crippen molar-refractivity contribution < 1.29 is 14.3 Å². The van der Waals surface area contributed by atoms with Gasteiger partial charge in [0, 0.05) is 11.4 Å². The summed E-state index contributed by atoms with van der Waals surface area (Å²) < 4.78 is 11.1. The maximum atomic E-state index is 12.0. The highest BCUT2D eigenvalue weighted by molar-refractivity contribution is 9.09. The monoisotopic (exact) mass is 313 g/mol. The number of para-hydroxylation sites is 2. The van der Waals surface area contributed by atoms with Gasteiger partial charge in [-0.25, -0.2) is 0 Å². The quantitative estimate of drug-likeness (QED) is 0.866. The second-order valence-electron chi connectivity index (χ2n) is 4.25. The summed E-state index contributed by atoms with van der Waals surface area (Å²) in [6.07, 6.45) is 0.313. The molecule has 0 aromatic heterocycles. The number of alkyl halides is 1. The summed E-state index contributed by atoms with van der Waals surface area (Å²) in [6, 6.07) is 7.49. The van der Waals surface area contributed by atoms with Crippen molar-refractivity contribution in [3.8, 4) is 11.5 Å². The summed E-state index contributed by atoms with van der Waals surface area (Å²) in [5, 5.41) is 3.77. The van der Waals surface area contributed by atoms with E-state index in [0.29, 0.717) is 11.5 Å². The summed E-state index contributed by atoms with van der Waals surface area (Å²) >= 11 is 3.35. The van der Waals surface area contributed by atoms with E-state index in [4.69, 9.17) is 9.47 Å². The molecule has 2 atom stereocenters. The van der Waals surface area contributed by atoms with Gasteiger partial charge in [0.2, 0.25) is 6.10 Å². The van der Waals surface area contributed by atoms with Crippen molar-refractivity contribution in [1.82, 2.24) is 5.32 Å². The number of amides is 1. The molecule has 1 aliphatic rings. The Morgan fingerprint density at radius 2 is 2.22 bits per heavy atom. The number of rotatable bonds is 4. The number of benzene rings is 1. The van der Waals surface area contributed by atoms with Crippen molar-refractivity contribution in [2.45, 2.75) is 25.5 Å². The van der Waals surface area contributed by atoms with Crippen molar-refractivity contribution in [2.24, 2.45) is 0 Å². The maximum absolute atomic E-state index is 12.0. The highest BCUT2D eigenvalue weighted by Gasteiger charge is 2.27. The minimum Gasteiger partial charge on any atom is -0.485 e. The molecule has 2 rings (SSSR count). The zero-order chi connectivity index (χ0) is 13.0. The van der Waals surface area contributed by atoms with Crippen LogP contribution in [0.1, 0.15) is 13.3 Å². The van der Waals surface area contributed by atoms with Gasteiger partial charge in [0.1, 0.15) is 6.61 Å². The van der Waals surface area contributed by atoms with Gasteiger partial charge in [0.25, 0.3) is 5.91 Å². The predicted octanol–water partition coefficient (Wildman–Crippen LogP) is 2.12. The van der Waals surface area contributed by atoms with Crippen LogP contribution in [-0.2, 0) is 4.79 Å². The summed E-state index contributed by atoms with van der Waals surface area (Å²) in [7, 11) is 0. The molecule has 2 unspecified atom stereocenters. The van der Waals surface area contributed by atoms with E-state index in [0.717, 1.165) is 11.8 Å². The van der Waals surface area contributed by atoms with Gasteiger partial charge in [-0.05, 0) is 25.5 Å². The number of fused-ring (bicyclic) bond motifs is 1. The second-order valence-corrected chi connectivity index (χ2v) is 5.04. The van der Waals surface area contributed by atoms with E-state index in [9.17, 15) is 4.79 Å². The molecule has 1 amide bonds. The van der Waals surface area contributed by atoms with Crippen LogP contribution in [-0.4, -0.2) is 30.0 Å². The molecular formula is C13H16BrNO3. The molecule has 0 bridgehead atoms. The third kappa shape index (κ3) is 3.16. The van der Waals surface area contributed by atoms with Gasteiger partial charge in [-0.3, -0.25) is 4.79 Å². The molecule has 0 radical (unpaired) electrons. The fourth-order valence-electron chi connectivity index (χ4n) is 1.72. The van der Waals surface area contributed by atoms with Gasteiger partial charge in [0.05, 0.1) is 0 Å². The fourth-order valence-corrected chi connectivity index (χ4v) is 2.41. The Balaban J connectivity index is 1.94. The van der Waals surface area contributed by atoms with Gasteiger partial charge in [-0.1, -0.05) is 28.1 Å². The van der Waals surface area contributed by atoms with E-state index in [2.05, 4.69) is 21.2 Å². The molecule has 1 aromatic rings. The summed E-state index contributed by atoms with van der Waals surface area (Å²) in [5.41, 5.74) is 0. The van der Waals surface area contributed by atoms with E-state index in [1.165, 1.54) is 0 Å². The first-order valence-corrected chi connectivity index (χ1v) is 7.07. The van der Waals surface area contributed by atoms with Crippen molar-refractivity contribution in [2.75, 3.05) is 11.9 Å². The summed E-state index contributed by atoms with van der Waals surface area (Å²) in [5.74, 6) is 1.19. The lowest BCUT2D eigenvalue weighted by Crippen LogP contribution is -2.47. The Morgan fingerprint density at radius 1 is 1.50 bits per heavy atom. The van der Waals surface area contributed by atoms with Crippen LogP contribution in [0.15, 0.2) is 24.3 Å². The molecule has 0 saturated carbocycles. The molecule has 4 nitrogen and oxygen atoms in total. The maximum Gasteiger partial charge on any atom is 0.264 e. The molecule has 98 valence electrons. The van der Waals surface area contributed by atoms with Gasteiger partial charge < -0.3 is 14.8 Å². The van der Waals surface area contributed by atoms with E-state index in [1.54, 1.807) is 6.07 Å². The molecule has 0 fully saturated rings. The fraction of sp³-hybridized carbons (Fsp3) is 0.462. The van der Waals surface area contributed by atoms with Crippen LogP contribution in [0.2, 0.25) is 0 Å². The van der Waals surface area contributed by atoms with E-state index in [1.807, 2.05) is 25.1 Å². The average molecular weight is 314 g/mol. The van der Waals surface area contributed by atoms with Crippen molar-refractivity contribution in [3.63, 3.8) is 0 Å². The standard InChI is InChI=1S/C13H16BrNO3/c1-9(6-7-14)15-13(16)12-8-17-10-4-2-3-5-11(10)18-12/h2-5,9,12H,6-8H2,1H3,(H,15,16). The number of carbonyl (C=O) groups is 1. The average Bonchev–Trinajstić information content (AvgIpc) is 2.38. The molecule has 0 saturated heterocycles. The summed E-state index contributed by atoms with van der Waals surface area (Å²) in [6.45, 7) is 2.22. The molecule has 18 heavy (non-hydrogen) atoms. The normalized spacial score (nSPS) is 19.1. The number of hydrogen-bond donors (Lipinski definition) is 1. The van der Waals surface area contributed by atoms with Gasteiger partial charge >= 0.3 is 0 Å². The van der Waals surface area contributed by atoms with Crippen LogP contribution >= 0.6 is 15.9 Å². The third-order valence-electron chi connectivity index (χ3n) is 2.73. The topological polar surface area (TPSA) is 47.6 Å². The van der Waals surface area contributed by atoms with Crippen molar-refractivity contribution in [3.05, 3.63) is 24.3 Å². The number of ether oxygens (including phenoxy) is 2. The van der Waals surface area contributed by atoms with Gasteiger partial charge in [0.15, 0.2) is 11.5 Å². The zero-order valence-corrected chi connectivity index (χ0v) is 11.8. The number of hydrogen-bond acceptors (Lipinski definition) is 3. The smallest absolute Gasteiger partial charge is 0.264 e. The SMILES string of the molecule is CC(CCBr)NC(=O)C1COc2ccccc2O1. The van der Waals surface area contributed by atoms with Crippen LogP contribution in [0.5, 0.6) is 11.5 Å². The van der Waals surface area contributed by atoms with Gasteiger partial charge in [-0.15, -0.1) is 0 Å². The number of carbonyl (C=O) groups excluding carboxylic acids is 1. The Labute approximate surface area is 115 Å². The van der Waals surface area contributed by atoms with E-state index in [-0.39, 0.29) is 18.6 Å². The largest absolute Gasteiger partial charge is 0.485 e. The molecule has 5 heteroatoms. The molecule has 1 aliphatic heterocycles. The van der Waals surface area contributed by atoms with E-state index >= 15 is 0 Å². The first kappa shape index (κ1) is 13.2. The first-order valence-electron chi connectivity index (χ1n) is 5.95. The Morgan fingerprint density at radius 3 is 2.94 bits per heavy atom. The lowest BCUT2D eigenvalue weighted by Gasteiger charge is -2.26. The van der Waals surface area contributed by atoms with Crippen LogP contribution in [0, 0.1) is 0 Å². The zero-order valence-electron chi connectivity index (χ0n) is 10.2. The van der Waals surface area contributed by atoms with Crippen LogP contribution in [0.4, 0.5) is 0 Å². The Kier molecular flexibility index (Phi) is 4.47. The predicted molar refractivity (Wildman–Crippen MR) is 72.4 cm³/mol. The van der Waals surface area contributed by atoms with Crippen molar-refractivity contribution in [1.29, 1.82) is 0 Å². The van der Waals surface area contributed by atoms with Gasteiger partial charge in [-0.2, -0.15) is 0 Å². The lowest BCUT2D eigenvalue weighted by atomic mass is 10.2. The minimum atomic E-state index is -0.572. The number of halogens is 1. The molecule has 0 spiro atoms. The Hall–Kier alpha value is -1.23. The Bertz CT molecular complexity index is 424. The van der Waals surface area contributed by atoms with E-state index < -0.39 is 6.10 Å². The van der Waals surface area contributed by atoms with Crippen LogP contribution < -0.4 is 14.8 Å². The minimum absolute atomic E-state index is 0.123. The number of nitrogens with one attached hydrogen (secondary N) is 1. The highest BCUT2D eigenvalue weighted by atomic mass is 79.9. The summed E-state index contributed by atoms with van der Waals surface area (Å²) in [4.78, 5) is 12.0. The lowest BCUT2D eigenvalue weighted by molar-refractivity contribution is -0.131. The highest BCUT2D eigenvalue weighted by Crippen LogP contribution is 2.30. The van der Waals surface area contributed by atoms with Crippen LogP contribution in [0.3, 0.4) is 0 Å². The molecule has 0 aliphatic carbocycles. The molecular weight excluding hydrogens is 298 g/mol. The first-order chi connectivity index (χ1) is 8.70. The van der Waals surface area contributed by atoms with Crippen molar-refractivity contribution >= 4 is 21.8 Å². The van der Waals surface area contributed by atoms with Crippen LogP contribution in [0.25, 0.3) is 0 Å². The molecule has 1 heterocycles. The molecule has 1 N–H and O–H groups in total.